The van der Waals surface area contributed by atoms with Crippen molar-refractivity contribution in [2.24, 2.45) is 0 Å². The molecular weight excluding hydrogens is 230 g/mol. The molecule has 1 heterocycles. The molecule has 1 aliphatic rings. The molecule has 2 rings (SSSR count). The molecule has 1 atom stereocenters. The molecule has 5 heteroatoms. The normalized spacial score (nSPS) is 16.4. The first-order valence-electron chi connectivity index (χ1n) is 4.99. The molecule has 86 valence electrons. The number of hydrogen-bond donors (Lipinski definition) is 2. The summed E-state index contributed by atoms with van der Waals surface area (Å²) in [4.78, 5) is 13.1. The van der Waals surface area contributed by atoms with Crippen molar-refractivity contribution < 1.29 is 15.0 Å². The van der Waals surface area contributed by atoms with Gasteiger partial charge in [-0.2, -0.15) is 0 Å². The van der Waals surface area contributed by atoms with E-state index < -0.39 is 6.10 Å². The van der Waals surface area contributed by atoms with Crippen molar-refractivity contribution >= 4 is 23.2 Å². The summed E-state index contributed by atoms with van der Waals surface area (Å²) in [6.07, 6.45) is -0.598. The van der Waals surface area contributed by atoms with Gasteiger partial charge >= 0.3 is 0 Å². The third-order valence-electron chi connectivity index (χ3n) is 2.58. The maximum atomic E-state index is 11.7. The predicted molar refractivity (Wildman–Crippen MR) is 60.6 cm³/mol. The average molecular weight is 242 g/mol. The van der Waals surface area contributed by atoms with Gasteiger partial charge in [-0.05, 0) is 17.7 Å². The lowest BCUT2D eigenvalue weighted by Gasteiger charge is -2.20. The van der Waals surface area contributed by atoms with Crippen LogP contribution in [0.1, 0.15) is 5.56 Å². The van der Waals surface area contributed by atoms with E-state index in [0.717, 1.165) is 11.3 Å². The molecule has 0 spiro atoms. The van der Waals surface area contributed by atoms with E-state index in [2.05, 4.69) is 0 Å². The van der Waals surface area contributed by atoms with Crippen LogP contribution in [0.15, 0.2) is 18.2 Å². The molecule has 2 N–H and O–H groups in total. The number of rotatable bonds is 3. The summed E-state index contributed by atoms with van der Waals surface area (Å²) in [5.41, 5.74) is 1.63. The van der Waals surface area contributed by atoms with Crippen LogP contribution in [-0.4, -0.2) is 35.4 Å². The lowest BCUT2D eigenvalue weighted by molar-refractivity contribution is -0.117. The van der Waals surface area contributed by atoms with Crippen LogP contribution in [0, 0.1) is 0 Å². The molecule has 0 aromatic heterocycles. The monoisotopic (exact) mass is 241 g/mol. The standard InChI is InChI=1S/C11H12ClNO3/c12-8-2-1-7-3-11(16)13(10(7)4-8)5-9(15)6-14/h1-2,4,9,14-15H,3,5-6H2. The van der Waals surface area contributed by atoms with E-state index in [0.29, 0.717) is 11.4 Å². The quantitative estimate of drug-likeness (QED) is 0.814. The molecule has 0 saturated heterocycles. The number of anilines is 1. The Bertz CT molecular complexity index is 422. The molecule has 0 saturated carbocycles. The van der Waals surface area contributed by atoms with Crippen molar-refractivity contribution in [3.63, 3.8) is 0 Å². The van der Waals surface area contributed by atoms with Gasteiger partial charge in [-0.25, -0.2) is 0 Å². The fourth-order valence-corrected chi connectivity index (χ4v) is 1.97. The molecule has 1 aromatic carbocycles. The van der Waals surface area contributed by atoms with Crippen molar-refractivity contribution in [1.82, 2.24) is 0 Å². The van der Waals surface area contributed by atoms with Crippen LogP contribution < -0.4 is 4.90 Å². The number of halogens is 1. The van der Waals surface area contributed by atoms with Crippen LogP contribution in [0.4, 0.5) is 5.69 Å². The highest BCUT2D eigenvalue weighted by Crippen LogP contribution is 2.31. The first kappa shape index (κ1) is 11.4. The zero-order chi connectivity index (χ0) is 11.7. The summed E-state index contributed by atoms with van der Waals surface area (Å²) >= 11 is 5.86. The Morgan fingerprint density at radius 1 is 1.50 bits per heavy atom. The Kier molecular flexibility index (Phi) is 3.14. The van der Waals surface area contributed by atoms with Gasteiger partial charge in [0.15, 0.2) is 0 Å². The lowest BCUT2D eigenvalue weighted by atomic mass is 10.2. The van der Waals surface area contributed by atoms with Crippen LogP contribution >= 0.6 is 11.6 Å². The Morgan fingerprint density at radius 3 is 2.94 bits per heavy atom. The highest BCUT2D eigenvalue weighted by atomic mass is 35.5. The van der Waals surface area contributed by atoms with Gasteiger partial charge in [0, 0.05) is 10.7 Å². The summed E-state index contributed by atoms with van der Waals surface area (Å²) in [6, 6.07) is 5.24. The number of carbonyl (C=O) groups excluding carboxylic acids is 1. The molecule has 1 amide bonds. The second-order valence-corrected chi connectivity index (χ2v) is 4.23. The molecule has 0 bridgehead atoms. The largest absolute Gasteiger partial charge is 0.394 e. The van der Waals surface area contributed by atoms with Gasteiger partial charge < -0.3 is 15.1 Å². The summed E-state index contributed by atoms with van der Waals surface area (Å²) in [5.74, 6) is -0.0789. The number of β-amino-alcohol motifs (C(OH)–C–C–N with tert-alkyl or cyclic N) is 1. The number of fused-ring (bicyclic) bond motifs is 1. The van der Waals surface area contributed by atoms with Crippen LogP contribution in [0.3, 0.4) is 0 Å². The first-order valence-corrected chi connectivity index (χ1v) is 5.37. The molecule has 0 fully saturated rings. The van der Waals surface area contributed by atoms with Gasteiger partial charge in [-0.3, -0.25) is 4.79 Å². The molecule has 0 radical (unpaired) electrons. The Morgan fingerprint density at radius 2 is 2.25 bits per heavy atom. The van der Waals surface area contributed by atoms with Crippen molar-refractivity contribution in [1.29, 1.82) is 0 Å². The summed E-state index contributed by atoms with van der Waals surface area (Å²) in [5, 5.41) is 18.7. The number of carbonyl (C=O) groups is 1. The van der Waals surface area contributed by atoms with E-state index in [9.17, 15) is 9.90 Å². The van der Waals surface area contributed by atoms with E-state index in [1.54, 1.807) is 18.2 Å². The SMILES string of the molecule is O=C1Cc2ccc(Cl)cc2N1CC(O)CO. The van der Waals surface area contributed by atoms with Gasteiger partial charge in [0.05, 0.1) is 25.7 Å². The van der Waals surface area contributed by atoms with Crippen molar-refractivity contribution in [3.05, 3.63) is 28.8 Å². The van der Waals surface area contributed by atoms with E-state index in [1.165, 1.54) is 4.90 Å². The number of aliphatic hydroxyl groups excluding tert-OH is 2. The van der Waals surface area contributed by atoms with Crippen LogP contribution in [0.5, 0.6) is 0 Å². The van der Waals surface area contributed by atoms with E-state index in [1.807, 2.05) is 0 Å². The Hall–Kier alpha value is -1.10. The predicted octanol–water partition coefficient (Wildman–Crippen LogP) is 0.582. The zero-order valence-corrected chi connectivity index (χ0v) is 9.31. The Labute approximate surface area is 98.1 Å². The molecule has 0 aliphatic carbocycles. The molecule has 4 nitrogen and oxygen atoms in total. The van der Waals surface area contributed by atoms with Crippen molar-refractivity contribution in [3.8, 4) is 0 Å². The molecule has 1 aliphatic heterocycles. The number of benzene rings is 1. The van der Waals surface area contributed by atoms with E-state index in [4.69, 9.17) is 16.7 Å². The first-order chi connectivity index (χ1) is 7.61. The average Bonchev–Trinajstić information content (AvgIpc) is 2.55. The fraction of sp³-hybridized carbons (Fsp3) is 0.364. The second kappa shape index (κ2) is 4.41. The number of hydrogen-bond acceptors (Lipinski definition) is 3. The minimum atomic E-state index is -0.922. The van der Waals surface area contributed by atoms with Crippen LogP contribution in [-0.2, 0) is 11.2 Å². The molecule has 16 heavy (non-hydrogen) atoms. The summed E-state index contributed by atoms with van der Waals surface area (Å²) in [6.45, 7) is -0.262. The third kappa shape index (κ3) is 2.04. The number of nitrogens with zero attached hydrogens (tertiary/aromatic N) is 1. The van der Waals surface area contributed by atoms with E-state index in [-0.39, 0.29) is 19.1 Å². The smallest absolute Gasteiger partial charge is 0.231 e. The van der Waals surface area contributed by atoms with Gasteiger partial charge in [0.25, 0.3) is 0 Å². The highest BCUT2D eigenvalue weighted by Gasteiger charge is 2.28. The fourth-order valence-electron chi connectivity index (χ4n) is 1.80. The van der Waals surface area contributed by atoms with Crippen molar-refractivity contribution in [2.75, 3.05) is 18.1 Å². The van der Waals surface area contributed by atoms with Crippen LogP contribution in [0.2, 0.25) is 5.02 Å². The zero-order valence-electron chi connectivity index (χ0n) is 8.56. The molecular formula is C11H12ClNO3. The van der Waals surface area contributed by atoms with Gasteiger partial charge in [0.2, 0.25) is 5.91 Å². The molecule has 1 aromatic rings. The topological polar surface area (TPSA) is 60.8 Å². The number of aliphatic hydroxyl groups is 2. The van der Waals surface area contributed by atoms with Crippen molar-refractivity contribution in [2.45, 2.75) is 12.5 Å². The third-order valence-corrected chi connectivity index (χ3v) is 2.82. The van der Waals surface area contributed by atoms with Gasteiger partial charge in [-0.15, -0.1) is 0 Å². The number of amides is 1. The maximum absolute atomic E-state index is 11.7. The maximum Gasteiger partial charge on any atom is 0.231 e. The summed E-state index contributed by atoms with van der Waals surface area (Å²) in [7, 11) is 0. The molecule has 1 unspecified atom stereocenters. The Balaban J connectivity index is 2.28. The van der Waals surface area contributed by atoms with Gasteiger partial charge in [0.1, 0.15) is 0 Å². The minimum absolute atomic E-state index is 0.0789. The highest BCUT2D eigenvalue weighted by molar-refractivity contribution is 6.31. The van der Waals surface area contributed by atoms with Gasteiger partial charge in [-0.1, -0.05) is 17.7 Å². The van der Waals surface area contributed by atoms with Crippen LogP contribution in [0.25, 0.3) is 0 Å². The second-order valence-electron chi connectivity index (χ2n) is 3.79. The minimum Gasteiger partial charge on any atom is -0.394 e. The lowest BCUT2D eigenvalue weighted by Crippen LogP contribution is -2.36. The van der Waals surface area contributed by atoms with E-state index >= 15 is 0 Å². The summed E-state index contributed by atoms with van der Waals surface area (Å²) < 4.78 is 0.